The molecule has 1 fully saturated rings. The molecular weight excluding hydrogens is 287 g/mol. The normalized spacial score (nSPS) is 17.1. The molecule has 1 heterocycles. The largest absolute Gasteiger partial charge is 0.308 e. The third kappa shape index (κ3) is 3.33. The van der Waals surface area contributed by atoms with Gasteiger partial charge in [-0.2, -0.15) is 4.39 Å². The molecule has 0 radical (unpaired) electrons. The summed E-state index contributed by atoms with van der Waals surface area (Å²) in [5.41, 5.74) is -1.22. The van der Waals surface area contributed by atoms with Crippen molar-refractivity contribution in [3.05, 3.63) is 39.2 Å². The maximum atomic E-state index is 13.7. The van der Waals surface area contributed by atoms with Crippen LogP contribution < -0.4 is 0 Å². The van der Waals surface area contributed by atoms with Crippen molar-refractivity contribution in [3.63, 3.8) is 0 Å². The van der Waals surface area contributed by atoms with Gasteiger partial charge in [0, 0.05) is 44.4 Å². The van der Waals surface area contributed by atoms with Crippen LogP contribution in [0.2, 0.25) is 0 Å². The number of benzene rings is 1. The molecule has 1 aliphatic heterocycles. The Hall–Kier alpha value is -1.67. The Bertz CT molecular complexity index is 546. The second-order valence-corrected chi connectivity index (χ2v) is 4.96. The minimum atomic E-state index is -1.79. The molecule has 0 saturated carbocycles. The number of piperazine rings is 1. The van der Waals surface area contributed by atoms with Gasteiger partial charge < -0.3 is 4.90 Å². The maximum absolute atomic E-state index is 13.7. The van der Waals surface area contributed by atoms with Crippen LogP contribution in [0.25, 0.3) is 0 Å². The molecule has 116 valence electrons. The zero-order chi connectivity index (χ0) is 15.6. The van der Waals surface area contributed by atoms with Crippen LogP contribution >= 0.6 is 0 Å². The molecule has 0 aliphatic carbocycles. The van der Waals surface area contributed by atoms with E-state index in [1.807, 2.05) is 11.8 Å². The number of nitro benzene ring substituents is 1. The Balaban J connectivity index is 2.19. The highest BCUT2D eigenvalue weighted by atomic mass is 19.2. The topological polar surface area (TPSA) is 49.6 Å². The van der Waals surface area contributed by atoms with Gasteiger partial charge in [-0.3, -0.25) is 15.0 Å². The Morgan fingerprint density at radius 2 is 1.67 bits per heavy atom. The summed E-state index contributed by atoms with van der Waals surface area (Å²) in [6.07, 6.45) is 0. The number of halogens is 3. The third-order valence-corrected chi connectivity index (χ3v) is 3.71. The average Bonchev–Trinajstić information content (AvgIpc) is 2.48. The number of hydrogen-bond donors (Lipinski definition) is 0. The van der Waals surface area contributed by atoms with Crippen molar-refractivity contribution in [2.75, 3.05) is 32.7 Å². The van der Waals surface area contributed by atoms with E-state index in [0.717, 1.165) is 25.7 Å². The second-order valence-electron chi connectivity index (χ2n) is 4.96. The average molecular weight is 303 g/mol. The SMILES string of the molecule is CCN1CCN(Cc2cc([N+](=O)[O-])c(F)c(F)c2F)CC1. The predicted octanol–water partition coefficient (Wildman–Crippen LogP) is 2.15. The molecule has 1 aromatic rings. The summed E-state index contributed by atoms with van der Waals surface area (Å²) >= 11 is 0. The summed E-state index contributed by atoms with van der Waals surface area (Å²) in [4.78, 5) is 13.7. The van der Waals surface area contributed by atoms with E-state index in [4.69, 9.17) is 0 Å². The highest BCUT2D eigenvalue weighted by Crippen LogP contribution is 2.26. The van der Waals surface area contributed by atoms with Crippen molar-refractivity contribution >= 4 is 5.69 Å². The van der Waals surface area contributed by atoms with Crippen LogP contribution in [0.4, 0.5) is 18.9 Å². The van der Waals surface area contributed by atoms with Gasteiger partial charge in [0.25, 0.3) is 0 Å². The Morgan fingerprint density at radius 3 is 2.19 bits per heavy atom. The number of likely N-dealkylation sites (N-methyl/N-ethyl adjacent to an activating group) is 1. The molecular formula is C13H16F3N3O2. The van der Waals surface area contributed by atoms with Crippen molar-refractivity contribution in [3.8, 4) is 0 Å². The molecule has 0 N–H and O–H groups in total. The van der Waals surface area contributed by atoms with Gasteiger partial charge in [-0.25, -0.2) is 8.78 Å². The fourth-order valence-corrected chi connectivity index (χ4v) is 2.39. The van der Waals surface area contributed by atoms with E-state index in [2.05, 4.69) is 4.90 Å². The molecule has 1 aromatic carbocycles. The van der Waals surface area contributed by atoms with Crippen molar-refractivity contribution in [2.45, 2.75) is 13.5 Å². The number of nitrogens with zero attached hydrogens (tertiary/aromatic N) is 3. The van der Waals surface area contributed by atoms with Crippen LogP contribution in [0.5, 0.6) is 0 Å². The quantitative estimate of drug-likeness (QED) is 0.486. The van der Waals surface area contributed by atoms with Gasteiger partial charge in [0.15, 0.2) is 5.82 Å². The van der Waals surface area contributed by atoms with E-state index in [1.165, 1.54) is 0 Å². The molecule has 2 rings (SSSR count). The fourth-order valence-electron chi connectivity index (χ4n) is 2.39. The van der Waals surface area contributed by atoms with Gasteiger partial charge in [0.05, 0.1) is 4.92 Å². The van der Waals surface area contributed by atoms with Crippen LogP contribution in [0.1, 0.15) is 12.5 Å². The minimum Gasteiger partial charge on any atom is -0.301 e. The Morgan fingerprint density at radius 1 is 1.10 bits per heavy atom. The lowest BCUT2D eigenvalue weighted by molar-refractivity contribution is -0.387. The molecule has 1 aliphatic rings. The van der Waals surface area contributed by atoms with Crippen LogP contribution in [-0.2, 0) is 6.54 Å². The molecule has 0 atom stereocenters. The van der Waals surface area contributed by atoms with E-state index >= 15 is 0 Å². The highest BCUT2D eigenvalue weighted by molar-refractivity contribution is 5.38. The van der Waals surface area contributed by atoms with E-state index < -0.39 is 28.1 Å². The monoisotopic (exact) mass is 303 g/mol. The molecule has 1 saturated heterocycles. The number of rotatable bonds is 4. The summed E-state index contributed by atoms with van der Waals surface area (Å²) in [5, 5.41) is 10.7. The van der Waals surface area contributed by atoms with E-state index in [9.17, 15) is 23.3 Å². The number of nitro groups is 1. The first-order valence-corrected chi connectivity index (χ1v) is 6.69. The van der Waals surface area contributed by atoms with Gasteiger partial charge >= 0.3 is 5.69 Å². The van der Waals surface area contributed by atoms with Gasteiger partial charge in [0.2, 0.25) is 11.6 Å². The zero-order valence-electron chi connectivity index (χ0n) is 11.6. The zero-order valence-corrected chi connectivity index (χ0v) is 11.6. The van der Waals surface area contributed by atoms with Crippen LogP contribution in [0, 0.1) is 27.6 Å². The summed E-state index contributed by atoms with van der Waals surface area (Å²) in [6.45, 7) is 5.88. The molecule has 0 amide bonds. The Labute approximate surface area is 120 Å². The van der Waals surface area contributed by atoms with E-state index in [1.54, 1.807) is 0 Å². The fraction of sp³-hybridized carbons (Fsp3) is 0.538. The van der Waals surface area contributed by atoms with Crippen LogP contribution in [-0.4, -0.2) is 47.4 Å². The van der Waals surface area contributed by atoms with Gasteiger partial charge in [-0.05, 0) is 6.54 Å². The van der Waals surface area contributed by atoms with Crippen molar-refractivity contribution in [1.82, 2.24) is 9.80 Å². The summed E-state index contributed by atoms with van der Waals surface area (Å²) in [5.74, 6) is -4.89. The highest BCUT2D eigenvalue weighted by Gasteiger charge is 2.27. The van der Waals surface area contributed by atoms with Crippen molar-refractivity contribution in [1.29, 1.82) is 0 Å². The first kappa shape index (κ1) is 15.7. The summed E-state index contributed by atoms with van der Waals surface area (Å²) < 4.78 is 40.4. The first-order valence-electron chi connectivity index (χ1n) is 6.69. The first-order chi connectivity index (χ1) is 9.93. The lowest BCUT2D eigenvalue weighted by Gasteiger charge is -2.34. The molecule has 8 heteroatoms. The summed E-state index contributed by atoms with van der Waals surface area (Å²) in [6, 6.07) is 0.778. The minimum absolute atomic E-state index is 0.0292. The third-order valence-electron chi connectivity index (χ3n) is 3.71. The lowest BCUT2D eigenvalue weighted by atomic mass is 10.1. The molecule has 0 spiro atoms. The van der Waals surface area contributed by atoms with E-state index in [-0.39, 0.29) is 12.1 Å². The summed E-state index contributed by atoms with van der Waals surface area (Å²) in [7, 11) is 0. The van der Waals surface area contributed by atoms with Gasteiger partial charge in [-0.1, -0.05) is 6.92 Å². The molecule has 0 bridgehead atoms. The Kier molecular flexibility index (Phi) is 4.79. The lowest BCUT2D eigenvalue weighted by Crippen LogP contribution is -2.45. The predicted molar refractivity (Wildman–Crippen MR) is 70.4 cm³/mol. The number of hydrogen-bond acceptors (Lipinski definition) is 4. The van der Waals surface area contributed by atoms with E-state index in [0.29, 0.717) is 13.1 Å². The molecule has 21 heavy (non-hydrogen) atoms. The smallest absolute Gasteiger partial charge is 0.301 e. The maximum Gasteiger partial charge on any atom is 0.308 e. The molecule has 0 aromatic heterocycles. The van der Waals surface area contributed by atoms with Gasteiger partial charge in [0.1, 0.15) is 0 Å². The molecule has 0 unspecified atom stereocenters. The van der Waals surface area contributed by atoms with Crippen molar-refractivity contribution < 1.29 is 18.1 Å². The van der Waals surface area contributed by atoms with Crippen LogP contribution in [0.15, 0.2) is 6.07 Å². The van der Waals surface area contributed by atoms with Crippen LogP contribution in [0.3, 0.4) is 0 Å². The second kappa shape index (κ2) is 6.40. The molecule has 5 nitrogen and oxygen atoms in total. The van der Waals surface area contributed by atoms with Gasteiger partial charge in [-0.15, -0.1) is 0 Å². The standard InChI is InChI=1S/C13H16F3N3O2/c1-2-17-3-5-18(6-4-17)8-9-7-10(19(20)21)12(15)13(16)11(9)14/h7H,2-6,8H2,1H3. The van der Waals surface area contributed by atoms with Crippen molar-refractivity contribution in [2.24, 2.45) is 0 Å².